The van der Waals surface area contributed by atoms with Crippen LogP contribution in [0.3, 0.4) is 0 Å². The average Bonchev–Trinajstić information content (AvgIpc) is 3.70. The first-order valence-electron chi connectivity index (χ1n) is 19.8. The molecule has 2 bridgehead atoms. The SMILES string of the molecule is COCCOCOc1c(OC)c(C)cc2c1[C@H]1N[C@@H](C2)[C@H](C#N)N2C1Cc1c(O)c(C)c3c(c1[C@@H]2CO[Si](c1ccccc1)(c1ccccc1)C(C)(C)C)OCO3. The van der Waals surface area contributed by atoms with E-state index in [4.69, 9.17) is 32.8 Å². The maximum absolute atomic E-state index is 12.1. The Morgan fingerprint density at radius 2 is 1.61 bits per heavy atom. The summed E-state index contributed by atoms with van der Waals surface area (Å²) in [5, 5.41) is 29.2. The predicted molar refractivity (Wildman–Crippen MR) is 218 cm³/mol. The smallest absolute Gasteiger partial charge is 0.261 e. The first-order chi connectivity index (χ1) is 27.5. The minimum atomic E-state index is -3.05. The third kappa shape index (κ3) is 6.45. The summed E-state index contributed by atoms with van der Waals surface area (Å²) in [6.45, 7) is 11.8. The van der Waals surface area contributed by atoms with Crippen LogP contribution in [0, 0.1) is 25.2 Å². The first kappa shape index (κ1) is 39.2. The number of nitrogens with one attached hydrogen (secondary N) is 1. The van der Waals surface area contributed by atoms with Crippen molar-refractivity contribution in [2.45, 2.75) is 82.7 Å². The average molecular weight is 792 g/mol. The summed E-state index contributed by atoms with van der Waals surface area (Å²) < 4.78 is 43.5. The van der Waals surface area contributed by atoms with E-state index in [0.717, 1.165) is 38.2 Å². The number of methoxy groups -OCH3 is 2. The highest BCUT2D eigenvalue weighted by atomic mass is 28.4. The summed E-state index contributed by atoms with van der Waals surface area (Å²) in [4.78, 5) is 2.34. The van der Waals surface area contributed by atoms with Gasteiger partial charge in [-0.15, -0.1) is 0 Å². The summed E-state index contributed by atoms with van der Waals surface area (Å²) in [5.41, 5.74) is 5.26. The van der Waals surface area contributed by atoms with Crippen LogP contribution in [0.1, 0.15) is 66.2 Å². The molecule has 4 aromatic rings. The molecule has 0 aliphatic carbocycles. The van der Waals surface area contributed by atoms with Gasteiger partial charge < -0.3 is 43.3 Å². The molecular weight excluding hydrogens is 739 g/mol. The largest absolute Gasteiger partial charge is 0.507 e. The number of piperazine rings is 1. The van der Waals surface area contributed by atoms with Crippen molar-refractivity contribution in [2.24, 2.45) is 0 Å². The number of aryl methyl sites for hydroxylation is 1. The highest BCUT2D eigenvalue weighted by Gasteiger charge is 2.56. The van der Waals surface area contributed by atoms with Crippen molar-refractivity contribution < 1.29 is 38.0 Å². The van der Waals surface area contributed by atoms with E-state index >= 15 is 0 Å². The lowest BCUT2D eigenvalue weighted by molar-refractivity contribution is -0.0236. The van der Waals surface area contributed by atoms with Crippen molar-refractivity contribution in [2.75, 3.05) is 47.6 Å². The van der Waals surface area contributed by atoms with Gasteiger partial charge in [-0.3, -0.25) is 4.90 Å². The van der Waals surface area contributed by atoms with Gasteiger partial charge in [-0.25, -0.2) is 0 Å². The molecule has 57 heavy (non-hydrogen) atoms. The van der Waals surface area contributed by atoms with E-state index in [9.17, 15) is 10.4 Å². The number of rotatable bonds is 12. The molecule has 0 radical (unpaired) electrons. The van der Waals surface area contributed by atoms with Crippen LogP contribution in [-0.2, 0) is 26.7 Å². The third-order valence-corrected chi connectivity index (χ3v) is 17.4. The number of fused-ring (bicyclic) bond motifs is 9. The van der Waals surface area contributed by atoms with Gasteiger partial charge in [0.2, 0.25) is 6.79 Å². The molecule has 12 heteroatoms. The zero-order valence-corrected chi connectivity index (χ0v) is 34.9. The highest BCUT2D eigenvalue weighted by molar-refractivity contribution is 6.99. The molecule has 1 fully saturated rings. The zero-order chi connectivity index (χ0) is 40.1. The van der Waals surface area contributed by atoms with Gasteiger partial charge in [-0.1, -0.05) is 87.5 Å². The summed E-state index contributed by atoms with van der Waals surface area (Å²) in [6, 6.07) is 24.3. The van der Waals surface area contributed by atoms with Gasteiger partial charge in [0.05, 0.1) is 45.1 Å². The number of nitriles is 1. The molecule has 4 heterocycles. The lowest BCUT2D eigenvalue weighted by atomic mass is 9.72. The molecule has 0 saturated carbocycles. The van der Waals surface area contributed by atoms with Crippen molar-refractivity contribution in [1.29, 1.82) is 5.26 Å². The Bertz CT molecular complexity index is 2120. The number of nitrogens with zero attached hydrogens (tertiary/aromatic N) is 2. The Hall–Kier alpha value is -4.61. The van der Waals surface area contributed by atoms with Crippen LogP contribution >= 0.6 is 0 Å². The van der Waals surface area contributed by atoms with Gasteiger partial charge in [-0.05, 0) is 53.2 Å². The van der Waals surface area contributed by atoms with E-state index in [0.29, 0.717) is 54.6 Å². The zero-order valence-electron chi connectivity index (χ0n) is 33.9. The fourth-order valence-corrected chi connectivity index (χ4v) is 14.5. The summed E-state index contributed by atoms with van der Waals surface area (Å²) in [6.07, 6.45) is 1.04. The van der Waals surface area contributed by atoms with Gasteiger partial charge in [0.15, 0.2) is 29.8 Å². The maximum Gasteiger partial charge on any atom is 0.261 e. The van der Waals surface area contributed by atoms with E-state index in [1.165, 1.54) is 0 Å². The lowest BCUT2D eigenvalue weighted by Gasteiger charge is -2.57. The standard InChI is InChI=1S/C45H53N3O8Si/c1-27-20-29-21-33-35(23-46)48-34(39(47-33)37(29)43(41(27)51-7)53-25-52-19-18-50-6)22-32-38(44-42(54-26-55-44)28(2)40(32)49)36(48)24-56-57(45(3,4)5,30-14-10-8-11-15-30)31-16-12-9-13-17-31/h8-17,20,33-36,39,47,49H,18-19,21-22,24-26H2,1-7H3/t33-,34?,35-,36-,39-/m0/s1. The molecule has 4 aromatic carbocycles. The third-order valence-electron chi connectivity index (χ3n) is 12.4. The molecule has 0 spiro atoms. The Morgan fingerprint density at radius 1 is 0.930 bits per heavy atom. The molecule has 5 atom stereocenters. The molecule has 300 valence electrons. The lowest BCUT2D eigenvalue weighted by Crippen LogP contribution is -2.70. The number of ether oxygens (including phenoxy) is 6. The molecule has 11 nitrogen and oxygen atoms in total. The van der Waals surface area contributed by atoms with Crippen LogP contribution in [0.15, 0.2) is 66.7 Å². The number of phenolic OH excluding ortho intramolecular Hbond substituents is 1. The second kappa shape index (κ2) is 15.6. The molecule has 4 aliphatic heterocycles. The molecule has 1 saturated heterocycles. The van der Waals surface area contributed by atoms with E-state index in [-0.39, 0.29) is 49.1 Å². The van der Waals surface area contributed by atoms with Crippen molar-refractivity contribution in [1.82, 2.24) is 10.2 Å². The van der Waals surface area contributed by atoms with Gasteiger partial charge >= 0.3 is 0 Å². The monoisotopic (exact) mass is 791 g/mol. The van der Waals surface area contributed by atoms with Gasteiger partial charge in [0.25, 0.3) is 8.32 Å². The minimum Gasteiger partial charge on any atom is -0.507 e. The number of hydrogen-bond acceptors (Lipinski definition) is 11. The fourth-order valence-electron chi connectivity index (χ4n) is 9.98. The van der Waals surface area contributed by atoms with Crippen molar-refractivity contribution in [3.63, 3.8) is 0 Å². The number of aromatic hydroxyl groups is 1. The second-order valence-electron chi connectivity index (χ2n) is 16.5. The van der Waals surface area contributed by atoms with Crippen LogP contribution in [0.5, 0.6) is 28.7 Å². The Morgan fingerprint density at radius 3 is 2.25 bits per heavy atom. The fraction of sp³-hybridized carbons (Fsp3) is 0.444. The van der Waals surface area contributed by atoms with E-state index in [1.54, 1.807) is 14.2 Å². The first-order valence-corrected chi connectivity index (χ1v) is 21.7. The number of phenols is 1. The van der Waals surface area contributed by atoms with Crippen molar-refractivity contribution in [3.8, 4) is 34.8 Å². The molecule has 4 aliphatic rings. The molecule has 0 amide bonds. The van der Waals surface area contributed by atoms with Gasteiger partial charge in [-0.2, -0.15) is 5.26 Å². The van der Waals surface area contributed by atoms with E-state index < -0.39 is 20.4 Å². The Labute approximate surface area is 336 Å². The summed E-state index contributed by atoms with van der Waals surface area (Å²) in [7, 11) is 0.242. The molecule has 2 N–H and O–H groups in total. The van der Waals surface area contributed by atoms with Crippen LogP contribution < -0.4 is 34.6 Å². The molecule has 0 aromatic heterocycles. The number of hydrogen-bond donors (Lipinski definition) is 2. The van der Waals surface area contributed by atoms with Gasteiger partial charge in [0, 0.05) is 41.4 Å². The number of benzene rings is 4. The quantitative estimate of drug-likeness (QED) is 0.104. The van der Waals surface area contributed by atoms with Crippen molar-refractivity contribution >= 4 is 18.7 Å². The maximum atomic E-state index is 12.1. The van der Waals surface area contributed by atoms with Crippen LogP contribution in [0.25, 0.3) is 0 Å². The molecule has 1 unspecified atom stereocenters. The van der Waals surface area contributed by atoms with E-state index in [1.807, 2.05) is 26.0 Å². The normalized spacial score (nSPS) is 22.2. The Kier molecular flexibility index (Phi) is 10.7. The Balaban J connectivity index is 1.30. The second-order valence-corrected chi connectivity index (χ2v) is 20.8. The minimum absolute atomic E-state index is 0.0161. The van der Waals surface area contributed by atoms with Crippen molar-refractivity contribution in [3.05, 3.63) is 100 Å². The predicted octanol–water partition coefficient (Wildman–Crippen LogP) is 5.75. The van der Waals surface area contributed by atoms with Crippen LogP contribution in [0.2, 0.25) is 5.04 Å². The summed E-state index contributed by atoms with van der Waals surface area (Å²) >= 11 is 0. The van der Waals surface area contributed by atoms with Crippen LogP contribution in [-0.4, -0.2) is 84.1 Å². The summed E-state index contributed by atoms with van der Waals surface area (Å²) in [5.74, 6) is 2.60. The molecule has 8 rings (SSSR count). The van der Waals surface area contributed by atoms with E-state index in [2.05, 4.69) is 91.7 Å². The topological polar surface area (TPSA) is 124 Å². The molecular formula is C45H53N3O8Si. The highest BCUT2D eigenvalue weighted by Crippen LogP contribution is 2.57. The van der Waals surface area contributed by atoms with Crippen LogP contribution in [0.4, 0.5) is 0 Å². The van der Waals surface area contributed by atoms with Gasteiger partial charge in [0.1, 0.15) is 11.8 Å².